The SMILES string of the molecule is C[C@@H]1CN(c2ncnc3c2C2(CC2)CN3c2cc(C#N)ccn2)[C@@H](C)CN1C(=O)OC(C)(C)C. The van der Waals surface area contributed by atoms with E-state index in [9.17, 15) is 10.1 Å². The lowest BCUT2D eigenvalue weighted by Gasteiger charge is -2.45. The van der Waals surface area contributed by atoms with Crippen LogP contribution in [0.25, 0.3) is 0 Å². The average molecular weight is 462 g/mol. The highest BCUT2D eigenvalue weighted by Crippen LogP contribution is 2.59. The second kappa shape index (κ2) is 7.83. The number of piperazine rings is 1. The summed E-state index contributed by atoms with van der Waals surface area (Å²) in [5.41, 5.74) is 1.24. The lowest BCUT2D eigenvalue weighted by atomic mass is 9.98. The minimum absolute atomic E-state index is 0.0154. The third-order valence-corrected chi connectivity index (χ3v) is 6.94. The van der Waals surface area contributed by atoms with Crippen molar-refractivity contribution < 1.29 is 9.53 Å². The molecule has 0 unspecified atom stereocenters. The van der Waals surface area contributed by atoms with Crippen LogP contribution in [0.3, 0.4) is 0 Å². The molecule has 9 nitrogen and oxygen atoms in total. The summed E-state index contributed by atoms with van der Waals surface area (Å²) in [5.74, 6) is 2.56. The molecule has 1 saturated heterocycles. The minimum Gasteiger partial charge on any atom is -0.444 e. The number of carbonyl (C=O) groups is 1. The molecule has 1 amide bonds. The largest absolute Gasteiger partial charge is 0.444 e. The van der Waals surface area contributed by atoms with Gasteiger partial charge in [-0.3, -0.25) is 0 Å². The molecule has 0 bridgehead atoms. The van der Waals surface area contributed by atoms with Crippen molar-refractivity contribution >= 4 is 23.5 Å². The molecule has 0 aromatic carbocycles. The zero-order chi connectivity index (χ0) is 24.3. The van der Waals surface area contributed by atoms with E-state index in [1.54, 1.807) is 18.6 Å². The maximum absolute atomic E-state index is 12.8. The Bertz CT molecular complexity index is 1160. The second-order valence-electron chi connectivity index (χ2n) is 10.8. The fourth-order valence-electron chi connectivity index (χ4n) is 5.10. The number of hydrogen-bond acceptors (Lipinski definition) is 8. The average Bonchev–Trinajstić information content (AvgIpc) is 3.49. The Morgan fingerprint density at radius 3 is 2.56 bits per heavy atom. The van der Waals surface area contributed by atoms with Gasteiger partial charge < -0.3 is 19.4 Å². The van der Waals surface area contributed by atoms with E-state index in [0.717, 1.165) is 36.8 Å². The van der Waals surface area contributed by atoms with Crippen molar-refractivity contribution in [1.82, 2.24) is 19.9 Å². The molecule has 1 aliphatic carbocycles. The van der Waals surface area contributed by atoms with E-state index < -0.39 is 5.60 Å². The highest BCUT2D eigenvalue weighted by Gasteiger charge is 2.56. The van der Waals surface area contributed by atoms with Crippen LogP contribution in [0.15, 0.2) is 24.7 Å². The third kappa shape index (κ3) is 3.81. The van der Waals surface area contributed by atoms with E-state index in [-0.39, 0.29) is 23.6 Å². The number of nitriles is 1. The van der Waals surface area contributed by atoms with Gasteiger partial charge in [0.2, 0.25) is 0 Å². The molecule has 2 aliphatic heterocycles. The Morgan fingerprint density at radius 2 is 1.88 bits per heavy atom. The summed E-state index contributed by atoms with van der Waals surface area (Å²) in [6.45, 7) is 11.9. The Kier molecular flexibility index (Phi) is 5.15. The molecule has 34 heavy (non-hydrogen) atoms. The third-order valence-electron chi connectivity index (χ3n) is 6.94. The van der Waals surface area contributed by atoms with E-state index in [0.29, 0.717) is 18.7 Å². The number of fused-ring (bicyclic) bond motifs is 2. The molecular formula is C25H31N7O2. The van der Waals surface area contributed by atoms with Crippen molar-refractivity contribution in [2.45, 2.75) is 70.6 Å². The summed E-state index contributed by atoms with van der Waals surface area (Å²) < 4.78 is 5.64. The predicted octanol–water partition coefficient (Wildman–Crippen LogP) is 3.76. The molecule has 1 saturated carbocycles. The molecule has 2 fully saturated rings. The van der Waals surface area contributed by atoms with Gasteiger partial charge in [-0.25, -0.2) is 19.7 Å². The summed E-state index contributed by atoms with van der Waals surface area (Å²) in [7, 11) is 0. The van der Waals surface area contributed by atoms with Crippen LogP contribution in [0, 0.1) is 11.3 Å². The van der Waals surface area contributed by atoms with Crippen molar-refractivity contribution in [3.8, 4) is 6.07 Å². The van der Waals surface area contributed by atoms with Gasteiger partial charge in [-0.15, -0.1) is 0 Å². The zero-order valence-corrected chi connectivity index (χ0v) is 20.4. The first-order valence-electron chi connectivity index (χ1n) is 11.9. The Labute approximate surface area is 200 Å². The molecule has 4 heterocycles. The van der Waals surface area contributed by atoms with Gasteiger partial charge in [-0.05, 0) is 59.6 Å². The van der Waals surface area contributed by atoms with Gasteiger partial charge in [0.05, 0.1) is 11.6 Å². The van der Waals surface area contributed by atoms with Crippen LogP contribution in [0.4, 0.5) is 22.2 Å². The van der Waals surface area contributed by atoms with Crippen molar-refractivity contribution in [1.29, 1.82) is 5.26 Å². The van der Waals surface area contributed by atoms with E-state index in [2.05, 4.69) is 39.7 Å². The molecule has 2 aromatic heterocycles. The Balaban J connectivity index is 1.46. The van der Waals surface area contributed by atoms with E-state index >= 15 is 0 Å². The lowest BCUT2D eigenvalue weighted by Crippen LogP contribution is -2.59. The van der Waals surface area contributed by atoms with Gasteiger partial charge in [0.1, 0.15) is 29.4 Å². The maximum atomic E-state index is 12.8. The molecule has 9 heteroatoms. The minimum atomic E-state index is -0.524. The number of hydrogen-bond donors (Lipinski definition) is 0. The number of ether oxygens (including phenoxy) is 1. The first kappa shape index (κ1) is 22.4. The van der Waals surface area contributed by atoms with Gasteiger partial charge in [-0.1, -0.05) is 0 Å². The number of amides is 1. The fourth-order valence-corrected chi connectivity index (χ4v) is 5.10. The fraction of sp³-hybridized carbons (Fsp3) is 0.560. The molecule has 0 N–H and O–H groups in total. The van der Waals surface area contributed by atoms with Gasteiger partial charge >= 0.3 is 6.09 Å². The van der Waals surface area contributed by atoms with Gasteiger partial charge in [0.25, 0.3) is 0 Å². The zero-order valence-electron chi connectivity index (χ0n) is 20.4. The smallest absolute Gasteiger partial charge is 0.410 e. The number of anilines is 3. The molecule has 1 spiro atoms. The quantitative estimate of drug-likeness (QED) is 0.667. The van der Waals surface area contributed by atoms with Crippen LogP contribution in [-0.4, -0.2) is 63.3 Å². The first-order chi connectivity index (χ1) is 16.1. The normalized spacial score (nSPS) is 23.0. The predicted molar refractivity (Wildman–Crippen MR) is 128 cm³/mol. The van der Waals surface area contributed by atoms with Gasteiger partial charge in [0, 0.05) is 48.9 Å². The number of aromatic nitrogens is 3. The van der Waals surface area contributed by atoms with Crippen molar-refractivity contribution in [3.63, 3.8) is 0 Å². The summed E-state index contributed by atoms with van der Waals surface area (Å²) in [6, 6.07) is 5.79. The maximum Gasteiger partial charge on any atom is 0.410 e. The molecule has 2 atom stereocenters. The highest BCUT2D eigenvalue weighted by atomic mass is 16.6. The van der Waals surface area contributed by atoms with Crippen LogP contribution < -0.4 is 9.80 Å². The molecule has 5 rings (SSSR count). The van der Waals surface area contributed by atoms with Crippen molar-refractivity contribution in [2.75, 3.05) is 29.4 Å². The summed E-state index contributed by atoms with van der Waals surface area (Å²) >= 11 is 0. The second-order valence-corrected chi connectivity index (χ2v) is 10.8. The molecule has 2 aromatic rings. The number of nitrogens with zero attached hydrogens (tertiary/aromatic N) is 7. The summed E-state index contributed by atoms with van der Waals surface area (Å²) in [5, 5.41) is 9.34. The van der Waals surface area contributed by atoms with Gasteiger partial charge in [-0.2, -0.15) is 5.26 Å². The van der Waals surface area contributed by atoms with Crippen LogP contribution in [0.1, 0.15) is 58.6 Å². The summed E-state index contributed by atoms with van der Waals surface area (Å²) in [6.07, 6.45) is 5.18. The standard InChI is InChI=1S/C25H31N7O2/c1-16-13-31(23(33)34-24(3,4)5)17(2)12-30(16)21-20-22(29-15-28-21)32(14-25(20)7-8-25)19-10-18(11-26)6-9-27-19/h6,9-10,15-17H,7-8,12-14H2,1-5H3/t16-,17+/m0/s1. The van der Waals surface area contributed by atoms with Crippen LogP contribution in [-0.2, 0) is 10.2 Å². The molecule has 0 radical (unpaired) electrons. The number of rotatable bonds is 2. The summed E-state index contributed by atoms with van der Waals surface area (Å²) in [4.78, 5) is 33.0. The first-order valence-corrected chi connectivity index (χ1v) is 11.9. The molecular weight excluding hydrogens is 430 g/mol. The van der Waals surface area contributed by atoms with Crippen molar-refractivity contribution in [3.05, 3.63) is 35.8 Å². The van der Waals surface area contributed by atoms with Crippen LogP contribution >= 0.6 is 0 Å². The number of carbonyl (C=O) groups excluding carboxylic acids is 1. The van der Waals surface area contributed by atoms with E-state index in [1.807, 2.05) is 31.7 Å². The van der Waals surface area contributed by atoms with Gasteiger partial charge in [0.15, 0.2) is 0 Å². The highest BCUT2D eigenvalue weighted by molar-refractivity contribution is 5.76. The van der Waals surface area contributed by atoms with E-state index in [1.165, 1.54) is 5.56 Å². The lowest BCUT2D eigenvalue weighted by molar-refractivity contribution is 0.0129. The molecule has 3 aliphatic rings. The number of pyridine rings is 1. The molecule has 178 valence electrons. The monoisotopic (exact) mass is 461 g/mol. The topological polar surface area (TPSA) is 98.5 Å². The van der Waals surface area contributed by atoms with Crippen molar-refractivity contribution in [2.24, 2.45) is 0 Å². The van der Waals surface area contributed by atoms with E-state index in [4.69, 9.17) is 9.72 Å². The Morgan fingerprint density at radius 1 is 1.15 bits per heavy atom. The van der Waals surface area contributed by atoms with Crippen LogP contribution in [0.2, 0.25) is 0 Å². The van der Waals surface area contributed by atoms with Crippen LogP contribution in [0.5, 0.6) is 0 Å². The Hall–Kier alpha value is -3.41.